The Labute approximate surface area is 230 Å². The molecule has 1 aliphatic carbocycles. The van der Waals surface area contributed by atoms with Crippen LogP contribution >= 0.6 is 0 Å². The smallest absolute Gasteiger partial charge is 0.373 e. The highest BCUT2D eigenvalue weighted by Crippen LogP contribution is 2.47. The van der Waals surface area contributed by atoms with Crippen LogP contribution in [-0.4, -0.2) is 51.0 Å². The molecule has 1 aromatic heterocycles. The molecule has 3 aromatic rings. The minimum Gasteiger partial charge on any atom is -0.373 e. The van der Waals surface area contributed by atoms with Gasteiger partial charge in [-0.15, -0.1) is 0 Å². The van der Waals surface area contributed by atoms with Crippen molar-refractivity contribution in [3.63, 3.8) is 0 Å². The average molecular weight is 575 g/mol. The van der Waals surface area contributed by atoms with E-state index in [4.69, 9.17) is 0 Å². The first-order chi connectivity index (χ1) is 19.2. The van der Waals surface area contributed by atoms with Crippen molar-refractivity contribution in [3.05, 3.63) is 88.6 Å². The maximum absolute atomic E-state index is 13.7. The molecule has 3 N–H and O–H groups in total. The second-order valence-electron chi connectivity index (χ2n) is 10.3. The zero-order valence-electron chi connectivity index (χ0n) is 21.5. The van der Waals surface area contributed by atoms with Gasteiger partial charge < -0.3 is 20.6 Å². The molecule has 2 heterocycles. The number of rotatable bonds is 6. The van der Waals surface area contributed by atoms with Crippen molar-refractivity contribution in [3.8, 4) is 0 Å². The Kier molecular flexibility index (Phi) is 6.80. The van der Waals surface area contributed by atoms with E-state index >= 15 is 0 Å². The van der Waals surface area contributed by atoms with E-state index in [0.29, 0.717) is 29.6 Å². The highest BCUT2D eigenvalue weighted by molar-refractivity contribution is 6.06. The fourth-order valence-electron chi connectivity index (χ4n) is 5.27. The molecule has 8 nitrogen and oxygen atoms in total. The van der Waals surface area contributed by atoms with Gasteiger partial charge in [0.15, 0.2) is 0 Å². The number of hydrogen-bond acceptors (Lipinski definition) is 5. The van der Waals surface area contributed by atoms with Crippen molar-refractivity contribution in [1.82, 2.24) is 9.88 Å². The first kappa shape index (κ1) is 28.1. The van der Waals surface area contributed by atoms with E-state index < -0.39 is 53.7 Å². The largest absolute Gasteiger partial charge is 0.426 e. The van der Waals surface area contributed by atoms with Crippen LogP contribution in [0.2, 0.25) is 0 Å². The van der Waals surface area contributed by atoms with E-state index in [1.165, 1.54) is 0 Å². The number of alkyl halides is 3. The SMILES string of the molecule is CC(O)(C(=O)N(CC(=O)Nc1ccc2c(c1)CC1(C2)C(=O)Nc2ncccc21)Cc1cc(F)cc(F)c1)C(F)(F)F. The fraction of sp³-hybridized carbons (Fsp3) is 0.286. The van der Waals surface area contributed by atoms with Gasteiger partial charge in [-0.2, -0.15) is 13.2 Å². The molecule has 1 spiro atoms. The van der Waals surface area contributed by atoms with E-state index in [1.807, 2.05) is 6.07 Å². The number of fused-ring (bicyclic) bond motifs is 3. The maximum Gasteiger partial charge on any atom is 0.426 e. The van der Waals surface area contributed by atoms with Gasteiger partial charge in [-0.05, 0) is 66.8 Å². The van der Waals surface area contributed by atoms with Crippen molar-refractivity contribution in [2.24, 2.45) is 0 Å². The molecule has 13 heteroatoms. The van der Waals surface area contributed by atoms with E-state index in [1.54, 1.807) is 30.5 Å². The first-order valence-corrected chi connectivity index (χ1v) is 12.4. The zero-order chi connectivity index (χ0) is 29.7. The summed E-state index contributed by atoms with van der Waals surface area (Å²) in [7, 11) is 0. The summed E-state index contributed by atoms with van der Waals surface area (Å²) in [5.41, 5.74) is -2.32. The van der Waals surface area contributed by atoms with Gasteiger partial charge in [0.05, 0.1) is 5.41 Å². The third-order valence-electron chi connectivity index (χ3n) is 7.35. The number of pyridine rings is 1. The lowest BCUT2D eigenvalue weighted by Gasteiger charge is -2.32. The molecule has 0 saturated heterocycles. The molecule has 214 valence electrons. The number of benzene rings is 2. The van der Waals surface area contributed by atoms with Crippen LogP contribution in [0.1, 0.15) is 29.2 Å². The van der Waals surface area contributed by atoms with Crippen LogP contribution in [0.3, 0.4) is 0 Å². The number of amides is 3. The standard InChI is InChI=1S/C28H23F5N4O4/c1-26(41,28(31,32)33)25(40)37(13-15-7-18(29)10-19(30)8-15)14-22(38)35-20-5-4-16-11-27(12-17(16)9-20)21-3-2-6-34-23(21)36-24(27)39/h2-10,41H,11-14H2,1H3,(H,35,38)(H,34,36,39). The highest BCUT2D eigenvalue weighted by atomic mass is 19.4. The summed E-state index contributed by atoms with van der Waals surface area (Å²) < 4.78 is 67.6. The molecule has 0 saturated carbocycles. The molecule has 0 radical (unpaired) electrons. The van der Waals surface area contributed by atoms with E-state index in [0.717, 1.165) is 28.8 Å². The fourth-order valence-corrected chi connectivity index (χ4v) is 5.27. The molecule has 3 amide bonds. The second-order valence-corrected chi connectivity index (χ2v) is 10.3. The molecule has 41 heavy (non-hydrogen) atoms. The highest BCUT2D eigenvalue weighted by Gasteiger charge is 2.57. The van der Waals surface area contributed by atoms with Gasteiger partial charge in [-0.25, -0.2) is 13.8 Å². The third kappa shape index (κ3) is 5.12. The number of hydrogen-bond donors (Lipinski definition) is 3. The molecule has 2 aromatic carbocycles. The van der Waals surface area contributed by atoms with Crippen LogP contribution in [-0.2, 0) is 39.2 Å². The Morgan fingerprint density at radius 1 is 1.07 bits per heavy atom. The predicted octanol–water partition coefficient (Wildman–Crippen LogP) is 3.63. The summed E-state index contributed by atoms with van der Waals surface area (Å²) in [5.74, 6) is -4.59. The summed E-state index contributed by atoms with van der Waals surface area (Å²) in [5, 5.41) is 15.2. The van der Waals surface area contributed by atoms with Crippen molar-refractivity contribution in [2.75, 3.05) is 17.2 Å². The average Bonchev–Trinajstić information content (AvgIpc) is 3.39. The van der Waals surface area contributed by atoms with Gasteiger partial charge in [0.1, 0.15) is 24.0 Å². The molecular weight excluding hydrogens is 551 g/mol. The van der Waals surface area contributed by atoms with Crippen LogP contribution in [0, 0.1) is 11.6 Å². The Morgan fingerprint density at radius 2 is 1.76 bits per heavy atom. The summed E-state index contributed by atoms with van der Waals surface area (Å²) in [4.78, 5) is 43.1. The van der Waals surface area contributed by atoms with Crippen molar-refractivity contribution < 1.29 is 41.4 Å². The number of aliphatic hydroxyl groups is 1. The van der Waals surface area contributed by atoms with Gasteiger partial charge in [0.25, 0.3) is 5.91 Å². The monoisotopic (exact) mass is 574 g/mol. The Morgan fingerprint density at radius 3 is 2.44 bits per heavy atom. The van der Waals surface area contributed by atoms with Crippen LogP contribution in [0.15, 0.2) is 54.7 Å². The predicted molar refractivity (Wildman–Crippen MR) is 135 cm³/mol. The van der Waals surface area contributed by atoms with Gasteiger partial charge in [0, 0.05) is 30.1 Å². The normalized spacial score (nSPS) is 18.9. The van der Waals surface area contributed by atoms with Crippen molar-refractivity contribution >= 4 is 29.2 Å². The van der Waals surface area contributed by atoms with Gasteiger partial charge in [0.2, 0.25) is 17.4 Å². The van der Waals surface area contributed by atoms with E-state index in [2.05, 4.69) is 15.6 Å². The second kappa shape index (κ2) is 9.91. The molecule has 2 unspecified atom stereocenters. The number of aromatic nitrogens is 1. The Bertz CT molecular complexity index is 1560. The van der Waals surface area contributed by atoms with Crippen LogP contribution in [0.5, 0.6) is 0 Å². The molecule has 5 rings (SSSR count). The van der Waals surface area contributed by atoms with Gasteiger partial charge >= 0.3 is 6.18 Å². The lowest BCUT2D eigenvalue weighted by molar-refractivity contribution is -0.250. The quantitative estimate of drug-likeness (QED) is 0.390. The molecular formula is C28H23F5N4O4. The van der Waals surface area contributed by atoms with Crippen molar-refractivity contribution in [1.29, 1.82) is 0 Å². The van der Waals surface area contributed by atoms with Crippen LogP contribution in [0.25, 0.3) is 0 Å². The number of halogens is 5. The van der Waals surface area contributed by atoms with E-state index in [-0.39, 0.29) is 24.1 Å². The van der Waals surface area contributed by atoms with Crippen LogP contribution in [0.4, 0.5) is 33.5 Å². The first-order valence-electron chi connectivity index (χ1n) is 12.4. The number of carbonyl (C=O) groups is 3. The zero-order valence-corrected chi connectivity index (χ0v) is 21.5. The molecule has 1 aliphatic heterocycles. The summed E-state index contributed by atoms with van der Waals surface area (Å²) in [6.07, 6.45) is -3.09. The Balaban J connectivity index is 1.35. The van der Waals surface area contributed by atoms with E-state index in [9.17, 15) is 41.4 Å². The number of nitrogens with one attached hydrogen (secondary N) is 2. The molecule has 0 fully saturated rings. The van der Waals surface area contributed by atoms with Gasteiger partial charge in [-0.1, -0.05) is 12.1 Å². The maximum atomic E-state index is 13.7. The summed E-state index contributed by atoms with van der Waals surface area (Å²) in [6, 6.07) is 10.6. The summed E-state index contributed by atoms with van der Waals surface area (Å²) >= 11 is 0. The van der Waals surface area contributed by atoms with Gasteiger partial charge in [-0.3, -0.25) is 14.4 Å². The number of carbonyl (C=O) groups excluding carboxylic acids is 3. The lowest BCUT2D eigenvalue weighted by atomic mass is 9.79. The number of anilines is 2. The minimum atomic E-state index is -5.39. The summed E-state index contributed by atoms with van der Waals surface area (Å²) in [6.45, 7) is -1.52. The topological polar surface area (TPSA) is 112 Å². The van der Waals surface area contributed by atoms with Crippen molar-refractivity contribution in [2.45, 2.75) is 43.5 Å². The molecule has 2 atom stereocenters. The minimum absolute atomic E-state index is 0.201. The molecule has 2 aliphatic rings. The lowest BCUT2D eigenvalue weighted by Crippen LogP contribution is -2.57. The third-order valence-corrected chi connectivity index (χ3v) is 7.35. The van der Waals surface area contributed by atoms with Crippen LogP contribution < -0.4 is 10.6 Å². The number of nitrogens with zero attached hydrogens (tertiary/aromatic N) is 2. The Hall–Kier alpha value is -4.39. The molecule has 0 bridgehead atoms.